The number of carbonyl (C=O) groups is 1. The maximum absolute atomic E-state index is 12.6. The lowest BCUT2D eigenvalue weighted by Crippen LogP contribution is -2.33. The topological polar surface area (TPSA) is 60.5 Å². The van der Waals surface area contributed by atoms with Crippen LogP contribution in [0, 0.1) is 5.92 Å². The molecular formula is C23H24N2O3S. The second-order valence-electron chi connectivity index (χ2n) is 7.32. The Morgan fingerprint density at radius 1 is 1.07 bits per heavy atom. The van der Waals surface area contributed by atoms with Crippen molar-refractivity contribution in [2.75, 3.05) is 19.0 Å². The minimum absolute atomic E-state index is 0.0152. The lowest BCUT2D eigenvalue weighted by atomic mass is 9.95. The van der Waals surface area contributed by atoms with Crippen molar-refractivity contribution in [3.63, 3.8) is 0 Å². The minimum atomic E-state index is -0.0940. The Morgan fingerprint density at radius 3 is 2.69 bits per heavy atom. The van der Waals surface area contributed by atoms with Gasteiger partial charge in [0.2, 0.25) is 5.91 Å². The maximum atomic E-state index is 12.6. The molecule has 1 aliphatic rings. The molecular weight excluding hydrogens is 384 g/mol. The van der Waals surface area contributed by atoms with Crippen molar-refractivity contribution in [2.45, 2.75) is 24.9 Å². The first kappa shape index (κ1) is 19.6. The van der Waals surface area contributed by atoms with E-state index in [4.69, 9.17) is 9.47 Å². The highest BCUT2D eigenvalue weighted by Gasteiger charge is 2.21. The number of amides is 1. The molecule has 6 heteroatoms. The largest absolute Gasteiger partial charge is 0.486 e. The van der Waals surface area contributed by atoms with Crippen molar-refractivity contribution in [1.82, 2.24) is 10.3 Å². The molecule has 1 aromatic heterocycles. The van der Waals surface area contributed by atoms with Crippen molar-refractivity contribution in [3.8, 4) is 11.5 Å². The van der Waals surface area contributed by atoms with E-state index in [1.807, 2.05) is 54.6 Å². The number of carbonyl (C=O) groups excluding carboxylic acids is 1. The lowest BCUT2D eigenvalue weighted by Gasteiger charge is -2.25. The van der Waals surface area contributed by atoms with Crippen LogP contribution in [0.3, 0.4) is 0 Å². The van der Waals surface area contributed by atoms with Crippen LogP contribution >= 0.6 is 11.8 Å². The number of pyridine rings is 1. The van der Waals surface area contributed by atoms with Gasteiger partial charge in [0.15, 0.2) is 11.5 Å². The number of aromatic nitrogens is 1. The molecule has 0 saturated carbocycles. The average Bonchev–Trinajstić information content (AvgIpc) is 2.75. The molecule has 0 aliphatic carbocycles. The number of hydrogen-bond donors (Lipinski definition) is 1. The minimum Gasteiger partial charge on any atom is -0.486 e. The van der Waals surface area contributed by atoms with Crippen molar-refractivity contribution < 1.29 is 14.3 Å². The van der Waals surface area contributed by atoms with Gasteiger partial charge in [0, 0.05) is 5.39 Å². The van der Waals surface area contributed by atoms with Gasteiger partial charge in [0.25, 0.3) is 0 Å². The Kier molecular flexibility index (Phi) is 5.90. The third-order valence-corrected chi connectivity index (χ3v) is 5.76. The SMILES string of the molecule is CC(C)[C@@H](NC(=O)CSc1ccc2ccccc2n1)c1ccc2c(c1)OCCO2. The van der Waals surface area contributed by atoms with Crippen LogP contribution < -0.4 is 14.8 Å². The van der Waals surface area contributed by atoms with Gasteiger partial charge in [-0.2, -0.15) is 0 Å². The Bertz CT molecular complexity index is 1020. The Labute approximate surface area is 174 Å². The zero-order valence-electron chi connectivity index (χ0n) is 16.6. The molecule has 0 radical (unpaired) electrons. The number of para-hydroxylation sites is 1. The highest BCUT2D eigenvalue weighted by atomic mass is 32.2. The summed E-state index contributed by atoms with van der Waals surface area (Å²) in [6.07, 6.45) is 0. The third-order valence-electron chi connectivity index (χ3n) is 4.83. The third kappa shape index (κ3) is 4.65. The fourth-order valence-electron chi connectivity index (χ4n) is 3.37. The Hall–Kier alpha value is -2.73. The quantitative estimate of drug-likeness (QED) is 0.604. The molecule has 5 nitrogen and oxygen atoms in total. The molecule has 1 aliphatic heterocycles. The van der Waals surface area contributed by atoms with E-state index in [0.29, 0.717) is 19.0 Å². The van der Waals surface area contributed by atoms with Crippen LogP contribution in [-0.4, -0.2) is 29.9 Å². The van der Waals surface area contributed by atoms with Crippen LogP contribution in [0.4, 0.5) is 0 Å². The van der Waals surface area contributed by atoms with Crippen LogP contribution in [0.5, 0.6) is 11.5 Å². The first-order valence-electron chi connectivity index (χ1n) is 9.77. The molecule has 4 rings (SSSR count). The summed E-state index contributed by atoms with van der Waals surface area (Å²) in [7, 11) is 0. The molecule has 0 saturated heterocycles. The van der Waals surface area contributed by atoms with Gasteiger partial charge in [-0.25, -0.2) is 4.98 Å². The fraction of sp³-hybridized carbons (Fsp3) is 0.304. The number of thioether (sulfide) groups is 1. The van der Waals surface area contributed by atoms with Gasteiger partial charge in [-0.15, -0.1) is 0 Å². The predicted molar refractivity (Wildman–Crippen MR) is 116 cm³/mol. The number of ether oxygens (including phenoxy) is 2. The van der Waals surface area contributed by atoms with E-state index in [1.54, 1.807) is 0 Å². The summed E-state index contributed by atoms with van der Waals surface area (Å²) in [5.41, 5.74) is 1.96. The van der Waals surface area contributed by atoms with E-state index in [9.17, 15) is 4.79 Å². The second-order valence-corrected chi connectivity index (χ2v) is 8.32. The van der Waals surface area contributed by atoms with E-state index >= 15 is 0 Å². The van der Waals surface area contributed by atoms with Gasteiger partial charge in [0.1, 0.15) is 13.2 Å². The zero-order chi connectivity index (χ0) is 20.2. The van der Waals surface area contributed by atoms with Crippen LogP contribution in [0.2, 0.25) is 0 Å². The monoisotopic (exact) mass is 408 g/mol. The Balaban J connectivity index is 1.42. The average molecular weight is 409 g/mol. The molecule has 29 heavy (non-hydrogen) atoms. The highest BCUT2D eigenvalue weighted by Crippen LogP contribution is 2.34. The summed E-state index contributed by atoms with van der Waals surface area (Å²) in [6.45, 7) is 5.31. The molecule has 1 amide bonds. The first-order chi connectivity index (χ1) is 14.1. The molecule has 150 valence electrons. The molecule has 2 aromatic carbocycles. The smallest absolute Gasteiger partial charge is 0.230 e. The van der Waals surface area contributed by atoms with E-state index in [2.05, 4.69) is 24.1 Å². The number of hydrogen-bond acceptors (Lipinski definition) is 5. The number of nitrogens with zero attached hydrogens (tertiary/aromatic N) is 1. The Morgan fingerprint density at radius 2 is 1.86 bits per heavy atom. The van der Waals surface area contributed by atoms with Gasteiger partial charge < -0.3 is 14.8 Å². The number of fused-ring (bicyclic) bond motifs is 2. The molecule has 1 atom stereocenters. The van der Waals surface area contributed by atoms with E-state index in [1.165, 1.54) is 11.8 Å². The van der Waals surface area contributed by atoms with E-state index in [0.717, 1.165) is 33.0 Å². The van der Waals surface area contributed by atoms with Crippen molar-refractivity contribution in [1.29, 1.82) is 0 Å². The number of nitrogens with one attached hydrogen (secondary N) is 1. The second kappa shape index (κ2) is 8.74. The normalized spacial score (nSPS) is 14.0. The highest BCUT2D eigenvalue weighted by molar-refractivity contribution is 7.99. The number of rotatable bonds is 6. The summed E-state index contributed by atoms with van der Waals surface area (Å²) < 4.78 is 11.3. The van der Waals surface area contributed by atoms with E-state index in [-0.39, 0.29) is 17.9 Å². The molecule has 0 unspecified atom stereocenters. The first-order valence-corrected chi connectivity index (χ1v) is 10.8. The van der Waals surface area contributed by atoms with Gasteiger partial charge in [-0.3, -0.25) is 4.79 Å². The molecule has 0 spiro atoms. The van der Waals surface area contributed by atoms with Gasteiger partial charge in [0.05, 0.1) is 22.3 Å². The summed E-state index contributed by atoms with van der Waals surface area (Å²) >= 11 is 1.45. The van der Waals surface area contributed by atoms with Gasteiger partial charge in [-0.05, 0) is 35.7 Å². The zero-order valence-corrected chi connectivity index (χ0v) is 17.4. The van der Waals surface area contributed by atoms with Crippen LogP contribution in [0.25, 0.3) is 10.9 Å². The molecule has 3 aromatic rings. The predicted octanol–water partition coefficient (Wildman–Crippen LogP) is 4.61. The molecule has 0 bridgehead atoms. The van der Waals surface area contributed by atoms with Gasteiger partial charge in [-0.1, -0.05) is 55.9 Å². The summed E-state index contributed by atoms with van der Waals surface area (Å²) in [5.74, 6) is 2.04. The molecule has 2 heterocycles. The summed E-state index contributed by atoms with van der Waals surface area (Å²) in [4.78, 5) is 17.3. The van der Waals surface area contributed by atoms with Crippen molar-refractivity contribution in [3.05, 3.63) is 60.2 Å². The molecule has 1 N–H and O–H groups in total. The summed E-state index contributed by atoms with van der Waals surface area (Å²) in [5, 5.41) is 5.11. The van der Waals surface area contributed by atoms with Crippen LogP contribution in [-0.2, 0) is 4.79 Å². The van der Waals surface area contributed by atoms with Crippen molar-refractivity contribution >= 4 is 28.6 Å². The van der Waals surface area contributed by atoms with Gasteiger partial charge >= 0.3 is 0 Å². The maximum Gasteiger partial charge on any atom is 0.230 e. The lowest BCUT2D eigenvalue weighted by molar-refractivity contribution is -0.119. The van der Waals surface area contributed by atoms with Crippen LogP contribution in [0.1, 0.15) is 25.5 Å². The van der Waals surface area contributed by atoms with Crippen molar-refractivity contribution in [2.24, 2.45) is 5.92 Å². The summed E-state index contributed by atoms with van der Waals surface area (Å²) in [6, 6.07) is 17.8. The number of benzene rings is 2. The molecule has 0 fully saturated rings. The van der Waals surface area contributed by atoms with E-state index < -0.39 is 0 Å². The van der Waals surface area contributed by atoms with Crippen LogP contribution in [0.15, 0.2) is 59.6 Å². The fourth-order valence-corrected chi connectivity index (χ4v) is 4.06. The standard InChI is InChI=1S/C23H24N2O3S/c1-15(2)23(17-7-9-19-20(13-17)28-12-11-27-19)25-21(26)14-29-22-10-8-16-5-3-4-6-18(16)24-22/h3-10,13,15,23H,11-12,14H2,1-2H3,(H,25,26)/t23-/m1/s1.